The number of benzene rings is 2. The molecule has 1 atom stereocenters. The van der Waals surface area contributed by atoms with E-state index < -0.39 is 8.32 Å². The average molecular weight is 536 g/mol. The minimum atomic E-state index is -2.35. The van der Waals surface area contributed by atoms with Crippen LogP contribution in [0.3, 0.4) is 0 Å². The van der Waals surface area contributed by atoms with E-state index in [1.807, 2.05) is 0 Å². The molecule has 0 radical (unpaired) electrons. The first kappa shape index (κ1) is 18.4. The molecule has 0 aliphatic rings. The predicted molar refractivity (Wildman–Crippen MR) is 115 cm³/mol. The summed E-state index contributed by atoms with van der Waals surface area (Å²) in [6, 6.07) is 21.6. The molecule has 1 nitrogen and oxygen atoms in total. The first-order chi connectivity index (χ1) is 10.4. The molecule has 0 heterocycles. The topological polar surface area (TPSA) is 9.23 Å². The molecule has 4 heteroatoms. The Hall–Kier alpha value is 0.0769. The third-order valence-electron chi connectivity index (χ3n) is 3.84. The SMILES string of the molecule is CC(C)(C)[Si](OC(I)CI)(c1ccccc1)c1ccccc1. The van der Waals surface area contributed by atoms with Crippen LogP contribution in [-0.2, 0) is 4.43 Å². The quantitative estimate of drug-likeness (QED) is 0.305. The Balaban J connectivity index is 2.70. The molecule has 0 aliphatic carbocycles. The molecule has 0 spiro atoms. The highest BCUT2D eigenvalue weighted by atomic mass is 127. The number of hydrogen-bond donors (Lipinski definition) is 0. The zero-order valence-electron chi connectivity index (χ0n) is 13.2. The smallest absolute Gasteiger partial charge is 0.262 e. The van der Waals surface area contributed by atoms with Crippen molar-refractivity contribution >= 4 is 63.9 Å². The Morgan fingerprint density at radius 3 is 1.64 bits per heavy atom. The normalized spacial score (nSPS) is 13.9. The summed E-state index contributed by atoms with van der Waals surface area (Å²) < 4.78 is 8.04. The summed E-state index contributed by atoms with van der Waals surface area (Å²) in [5.41, 5.74) is 0. The summed E-state index contributed by atoms with van der Waals surface area (Å²) >= 11 is 4.84. The third kappa shape index (κ3) is 3.76. The molecule has 1 unspecified atom stereocenters. The molecule has 0 aromatic heterocycles. The van der Waals surface area contributed by atoms with E-state index in [9.17, 15) is 0 Å². The van der Waals surface area contributed by atoms with Crippen LogP contribution in [-0.4, -0.2) is 16.9 Å². The largest absolute Gasteiger partial charge is 0.395 e. The van der Waals surface area contributed by atoms with Crippen LogP contribution in [0.1, 0.15) is 20.8 Å². The summed E-state index contributed by atoms with van der Waals surface area (Å²) in [6.45, 7) is 6.95. The molecule has 22 heavy (non-hydrogen) atoms. The Morgan fingerprint density at radius 2 is 1.32 bits per heavy atom. The number of hydrogen-bond acceptors (Lipinski definition) is 1. The second-order valence-corrected chi connectivity index (χ2v) is 12.9. The zero-order chi connectivity index (χ0) is 16.2. The lowest BCUT2D eigenvalue weighted by Gasteiger charge is -2.44. The van der Waals surface area contributed by atoms with Crippen LogP contribution in [0.5, 0.6) is 0 Å². The van der Waals surface area contributed by atoms with Crippen LogP contribution in [0.25, 0.3) is 0 Å². The van der Waals surface area contributed by atoms with Gasteiger partial charge in [0.25, 0.3) is 8.32 Å². The molecular formula is C18H22I2OSi. The van der Waals surface area contributed by atoms with Gasteiger partial charge in [0.05, 0.1) is 0 Å². The van der Waals surface area contributed by atoms with E-state index in [1.54, 1.807) is 0 Å². The molecule has 2 aromatic rings. The Kier molecular flexibility index (Phi) is 6.50. The fraction of sp³-hybridized carbons (Fsp3) is 0.333. The van der Waals surface area contributed by atoms with Crippen molar-refractivity contribution in [3.05, 3.63) is 60.7 Å². The predicted octanol–water partition coefficient (Wildman–Crippen LogP) is 4.76. The molecule has 0 saturated heterocycles. The Morgan fingerprint density at radius 1 is 0.909 bits per heavy atom. The lowest BCUT2D eigenvalue weighted by molar-refractivity contribution is 0.308. The molecule has 0 N–H and O–H groups in total. The van der Waals surface area contributed by atoms with E-state index in [0.29, 0.717) is 0 Å². The van der Waals surface area contributed by atoms with Gasteiger partial charge in [0.2, 0.25) is 0 Å². The second-order valence-electron chi connectivity index (χ2n) is 6.35. The van der Waals surface area contributed by atoms with Crippen LogP contribution >= 0.6 is 45.2 Å². The van der Waals surface area contributed by atoms with Crippen molar-refractivity contribution in [2.24, 2.45) is 0 Å². The van der Waals surface area contributed by atoms with Crippen LogP contribution in [0.15, 0.2) is 60.7 Å². The zero-order valence-corrected chi connectivity index (χ0v) is 18.5. The van der Waals surface area contributed by atoms with E-state index in [-0.39, 0.29) is 9.15 Å². The van der Waals surface area contributed by atoms with Crippen molar-refractivity contribution < 1.29 is 4.43 Å². The van der Waals surface area contributed by atoms with Crippen molar-refractivity contribution in [2.45, 2.75) is 29.9 Å². The first-order valence-corrected chi connectivity index (χ1v) is 12.1. The summed E-state index contributed by atoms with van der Waals surface area (Å²) in [6.07, 6.45) is 0. The van der Waals surface area contributed by atoms with Crippen molar-refractivity contribution in [3.63, 3.8) is 0 Å². The highest BCUT2D eigenvalue weighted by Crippen LogP contribution is 2.38. The second kappa shape index (κ2) is 7.77. The van der Waals surface area contributed by atoms with Gasteiger partial charge in [-0.1, -0.05) is 127 Å². The van der Waals surface area contributed by atoms with Crippen LogP contribution in [0, 0.1) is 0 Å². The summed E-state index contributed by atoms with van der Waals surface area (Å²) in [4.78, 5) is 0. The molecule has 0 bridgehead atoms. The fourth-order valence-electron chi connectivity index (χ4n) is 2.91. The third-order valence-corrected chi connectivity index (χ3v) is 12.5. The average Bonchev–Trinajstić information content (AvgIpc) is 2.52. The van der Waals surface area contributed by atoms with Crippen LogP contribution < -0.4 is 10.4 Å². The number of halogens is 2. The van der Waals surface area contributed by atoms with Gasteiger partial charge in [0.1, 0.15) is 4.11 Å². The lowest BCUT2D eigenvalue weighted by Crippen LogP contribution is -2.67. The number of alkyl halides is 2. The highest BCUT2D eigenvalue weighted by molar-refractivity contribution is 14.1. The maximum atomic E-state index is 6.84. The number of rotatable bonds is 5. The van der Waals surface area contributed by atoms with E-state index >= 15 is 0 Å². The van der Waals surface area contributed by atoms with Gasteiger partial charge in [-0.15, -0.1) is 0 Å². The van der Waals surface area contributed by atoms with Gasteiger partial charge in [-0.25, -0.2) is 0 Å². The molecule has 0 aliphatic heterocycles. The molecule has 2 rings (SSSR count). The summed E-state index contributed by atoms with van der Waals surface area (Å²) in [5.74, 6) is 0. The summed E-state index contributed by atoms with van der Waals surface area (Å²) in [5, 5.41) is 2.76. The standard InChI is InChI=1S/C18H22I2OSi/c1-18(2,3)22(21-17(20)14-19,15-10-6-4-7-11-15)16-12-8-5-9-13-16/h4-13,17H,14H2,1-3H3. The van der Waals surface area contributed by atoms with Crippen molar-refractivity contribution in [3.8, 4) is 0 Å². The van der Waals surface area contributed by atoms with E-state index in [1.165, 1.54) is 10.4 Å². The van der Waals surface area contributed by atoms with Gasteiger partial charge in [-0.05, 0) is 15.4 Å². The van der Waals surface area contributed by atoms with Gasteiger partial charge in [-0.3, -0.25) is 0 Å². The molecule has 0 fully saturated rings. The van der Waals surface area contributed by atoms with E-state index in [4.69, 9.17) is 4.43 Å². The molecule has 2 aromatic carbocycles. The molecule has 118 valence electrons. The van der Waals surface area contributed by atoms with Crippen molar-refractivity contribution in [1.29, 1.82) is 0 Å². The monoisotopic (exact) mass is 536 g/mol. The van der Waals surface area contributed by atoms with Crippen molar-refractivity contribution in [1.82, 2.24) is 0 Å². The van der Waals surface area contributed by atoms with Gasteiger partial charge in [0.15, 0.2) is 0 Å². The maximum absolute atomic E-state index is 6.84. The van der Waals surface area contributed by atoms with Crippen molar-refractivity contribution in [2.75, 3.05) is 4.43 Å². The van der Waals surface area contributed by atoms with E-state index in [0.717, 1.165) is 4.43 Å². The highest BCUT2D eigenvalue weighted by Gasteiger charge is 2.51. The van der Waals surface area contributed by atoms with Gasteiger partial charge >= 0.3 is 0 Å². The fourth-order valence-corrected chi connectivity index (χ4v) is 9.06. The Bertz CT molecular complexity index is 542. The summed E-state index contributed by atoms with van der Waals surface area (Å²) in [7, 11) is -2.35. The molecular weight excluding hydrogens is 514 g/mol. The van der Waals surface area contributed by atoms with Gasteiger partial charge in [0, 0.05) is 4.43 Å². The molecule has 0 amide bonds. The van der Waals surface area contributed by atoms with Gasteiger partial charge in [-0.2, -0.15) is 0 Å². The van der Waals surface area contributed by atoms with E-state index in [2.05, 4.69) is 127 Å². The first-order valence-electron chi connectivity index (χ1n) is 7.40. The van der Waals surface area contributed by atoms with Crippen LogP contribution in [0.2, 0.25) is 5.04 Å². The van der Waals surface area contributed by atoms with Crippen LogP contribution in [0.4, 0.5) is 0 Å². The maximum Gasteiger partial charge on any atom is 0.262 e. The minimum Gasteiger partial charge on any atom is -0.395 e. The van der Waals surface area contributed by atoms with Gasteiger partial charge < -0.3 is 4.43 Å². The Labute approximate surface area is 162 Å². The lowest BCUT2D eigenvalue weighted by atomic mass is 10.2. The molecule has 0 saturated carbocycles. The minimum absolute atomic E-state index is 0.0605.